The molecule has 34 heavy (non-hydrogen) atoms. The van der Waals surface area contributed by atoms with Crippen molar-refractivity contribution in [3.05, 3.63) is 99.1 Å². The molecule has 8 nitrogen and oxygen atoms in total. The molecule has 0 aliphatic heterocycles. The van der Waals surface area contributed by atoms with Gasteiger partial charge in [0.15, 0.2) is 0 Å². The van der Waals surface area contributed by atoms with Crippen molar-refractivity contribution >= 4 is 23.6 Å². The molecule has 1 N–H and O–H groups in total. The number of hydrogen-bond acceptors (Lipinski definition) is 7. The average molecular weight is 473 g/mol. The Balaban J connectivity index is 1.59. The van der Waals surface area contributed by atoms with Gasteiger partial charge in [-0.15, -0.1) is 0 Å². The summed E-state index contributed by atoms with van der Waals surface area (Å²) in [5.41, 5.74) is 2.27. The second kappa shape index (κ2) is 10.5. The third-order valence-electron chi connectivity index (χ3n) is 4.58. The first-order valence-electron chi connectivity index (χ1n) is 9.72. The van der Waals surface area contributed by atoms with Crippen LogP contribution in [0.5, 0.6) is 5.75 Å². The van der Waals surface area contributed by atoms with E-state index in [2.05, 4.69) is 15.3 Å². The first kappa shape index (κ1) is 24.2. The SMILES string of the molecule is COC(=O)c1ccc(COc2ccc(C=NNc3ccc(C(F)(F)F)cc3[N+](=O)[O-])cc2)cc1. The number of hydrazone groups is 1. The van der Waals surface area contributed by atoms with Gasteiger partial charge in [-0.2, -0.15) is 18.3 Å². The molecule has 176 valence electrons. The number of halogens is 3. The zero-order valence-corrected chi connectivity index (χ0v) is 17.7. The lowest BCUT2D eigenvalue weighted by atomic mass is 10.1. The van der Waals surface area contributed by atoms with Gasteiger partial charge in [0.1, 0.15) is 18.0 Å². The van der Waals surface area contributed by atoms with Crippen molar-refractivity contribution in [3.63, 3.8) is 0 Å². The molecule has 0 unspecified atom stereocenters. The van der Waals surface area contributed by atoms with E-state index < -0.39 is 28.3 Å². The van der Waals surface area contributed by atoms with E-state index in [0.29, 0.717) is 22.9 Å². The summed E-state index contributed by atoms with van der Waals surface area (Å²) in [5, 5.41) is 15.0. The first-order chi connectivity index (χ1) is 16.2. The molecule has 0 radical (unpaired) electrons. The van der Waals surface area contributed by atoms with Crippen molar-refractivity contribution in [1.82, 2.24) is 0 Å². The maximum absolute atomic E-state index is 12.8. The molecule has 3 aromatic rings. The maximum atomic E-state index is 12.8. The van der Waals surface area contributed by atoms with Crippen LogP contribution in [-0.4, -0.2) is 24.2 Å². The number of nitro groups is 1. The van der Waals surface area contributed by atoms with E-state index in [4.69, 9.17) is 4.74 Å². The molecule has 0 fully saturated rings. The van der Waals surface area contributed by atoms with Gasteiger partial charge in [-0.3, -0.25) is 15.5 Å². The summed E-state index contributed by atoms with van der Waals surface area (Å²) in [6.07, 6.45) is -3.33. The molecule has 0 amide bonds. The highest BCUT2D eigenvalue weighted by atomic mass is 19.4. The number of carbonyl (C=O) groups is 1. The molecule has 0 saturated heterocycles. The third-order valence-corrected chi connectivity index (χ3v) is 4.58. The molecular formula is C23H18F3N3O5. The molecule has 0 spiro atoms. The first-order valence-corrected chi connectivity index (χ1v) is 9.72. The highest BCUT2D eigenvalue weighted by Gasteiger charge is 2.33. The van der Waals surface area contributed by atoms with Crippen LogP contribution in [0.3, 0.4) is 0 Å². The number of nitrogens with zero attached hydrogens (tertiary/aromatic N) is 2. The van der Waals surface area contributed by atoms with E-state index in [1.165, 1.54) is 13.3 Å². The number of hydrogen-bond donors (Lipinski definition) is 1. The van der Waals surface area contributed by atoms with Gasteiger partial charge >= 0.3 is 12.1 Å². The number of nitro benzene ring substituents is 1. The van der Waals surface area contributed by atoms with E-state index in [9.17, 15) is 28.1 Å². The molecule has 0 atom stereocenters. The van der Waals surface area contributed by atoms with E-state index in [1.807, 2.05) is 0 Å². The number of esters is 1. The fourth-order valence-electron chi connectivity index (χ4n) is 2.80. The van der Waals surface area contributed by atoms with Crippen LogP contribution in [0.1, 0.15) is 27.0 Å². The Labute approximate surface area is 191 Å². The molecular weight excluding hydrogens is 455 g/mol. The minimum Gasteiger partial charge on any atom is -0.489 e. The summed E-state index contributed by atoms with van der Waals surface area (Å²) in [5.74, 6) is 0.146. The van der Waals surface area contributed by atoms with Gasteiger partial charge in [-0.25, -0.2) is 4.79 Å². The van der Waals surface area contributed by atoms with E-state index in [0.717, 1.165) is 17.7 Å². The Hall–Kier alpha value is -4.41. The van der Waals surface area contributed by atoms with Crippen LogP contribution in [0, 0.1) is 10.1 Å². The van der Waals surface area contributed by atoms with Gasteiger partial charge < -0.3 is 9.47 Å². The zero-order valence-electron chi connectivity index (χ0n) is 17.7. The van der Waals surface area contributed by atoms with Crippen molar-refractivity contribution in [2.75, 3.05) is 12.5 Å². The number of alkyl halides is 3. The van der Waals surface area contributed by atoms with Gasteiger partial charge in [-0.1, -0.05) is 12.1 Å². The second-order valence-corrected chi connectivity index (χ2v) is 6.90. The highest BCUT2D eigenvalue weighted by Crippen LogP contribution is 2.34. The Morgan fingerprint density at radius 1 is 1.09 bits per heavy atom. The summed E-state index contributed by atoms with van der Waals surface area (Å²) in [6.45, 7) is 0.272. The average Bonchev–Trinajstić information content (AvgIpc) is 2.82. The summed E-state index contributed by atoms with van der Waals surface area (Å²) < 4.78 is 48.7. The van der Waals surface area contributed by atoms with Crippen LogP contribution < -0.4 is 10.2 Å². The molecule has 0 bridgehead atoms. The van der Waals surface area contributed by atoms with Crippen LogP contribution >= 0.6 is 0 Å². The molecule has 11 heteroatoms. The van der Waals surface area contributed by atoms with Crippen molar-refractivity contribution in [2.24, 2.45) is 5.10 Å². The Morgan fingerprint density at radius 3 is 2.35 bits per heavy atom. The Kier molecular flexibility index (Phi) is 7.46. The molecule has 0 aromatic heterocycles. The molecule has 3 aromatic carbocycles. The monoisotopic (exact) mass is 473 g/mol. The second-order valence-electron chi connectivity index (χ2n) is 6.90. The summed E-state index contributed by atoms with van der Waals surface area (Å²) in [6, 6.07) is 15.6. The van der Waals surface area contributed by atoms with E-state index >= 15 is 0 Å². The number of benzene rings is 3. The highest BCUT2D eigenvalue weighted by molar-refractivity contribution is 5.89. The Morgan fingerprint density at radius 2 is 1.76 bits per heavy atom. The predicted octanol–water partition coefficient (Wildman–Crippen LogP) is 5.43. The standard InChI is InChI=1S/C23H18F3N3O5/c1-33-22(30)17-6-2-16(3-7-17)14-34-19-9-4-15(5-10-19)13-27-28-20-11-8-18(23(24,25)26)12-21(20)29(31)32/h2-13,28H,14H2,1H3. The molecule has 0 saturated carbocycles. The predicted molar refractivity (Wildman–Crippen MR) is 118 cm³/mol. The lowest BCUT2D eigenvalue weighted by Gasteiger charge is -2.08. The smallest absolute Gasteiger partial charge is 0.416 e. The molecule has 0 aliphatic carbocycles. The number of rotatable bonds is 8. The van der Waals surface area contributed by atoms with E-state index in [-0.39, 0.29) is 12.3 Å². The number of carbonyl (C=O) groups excluding carboxylic acids is 1. The van der Waals surface area contributed by atoms with Crippen LogP contribution in [0.4, 0.5) is 24.5 Å². The van der Waals surface area contributed by atoms with Crippen molar-refractivity contribution in [2.45, 2.75) is 12.8 Å². The van der Waals surface area contributed by atoms with Crippen molar-refractivity contribution in [1.29, 1.82) is 0 Å². The largest absolute Gasteiger partial charge is 0.489 e. The topological polar surface area (TPSA) is 103 Å². The zero-order chi connectivity index (χ0) is 24.7. The molecule has 3 rings (SSSR count). The number of methoxy groups -OCH3 is 1. The molecule has 0 aliphatic rings. The number of anilines is 1. The summed E-state index contributed by atoms with van der Waals surface area (Å²) in [4.78, 5) is 21.6. The Bertz CT molecular complexity index is 1190. The van der Waals surface area contributed by atoms with Crippen molar-refractivity contribution in [3.8, 4) is 5.75 Å². The third kappa shape index (κ3) is 6.31. The van der Waals surface area contributed by atoms with Gasteiger partial charge in [0.05, 0.1) is 29.4 Å². The number of ether oxygens (including phenoxy) is 2. The fourth-order valence-corrected chi connectivity index (χ4v) is 2.80. The van der Waals surface area contributed by atoms with Gasteiger partial charge in [0, 0.05) is 6.07 Å². The lowest BCUT2D eigenvalue weighted by molar-refractivity contribution is -0.384. The molecule has 0 heterocycles. The minimum atomic E-state index is -4.69. The van der Waals surface area contributed by atoms with Crippen molar-refractivity contribution < 1.29 is 32.4 Å². The fraction of sp³-hybridized carbons (Fsp3) is 0.130. The maximum Gasteiger partial charge on any atom is 0.416 e. The minimum absolute atomic E-state index is 0.174. The summed E-state index contributed by atoms with van der Waals surface area (Å²) >= 11 is 0. The van der Waals surface area contributed by atoms with Crippen LogP contribution in [0.2, 0.25) is 0 Å². The van der Waals surface area contributed by atoms with Crippen LogP contribution in [-0.2, 0) is 17.5 Å². The quantitative estimate of drug-likeness (QED) is 0.203. The van der Waals surface area contributed by atoms with Gasteiger partial charge in [-0.05, 0) is 59.7 Å². The summed E-state index contributed by atoms with van der Waals surface area (Å²) in [7, 11) is 1.31. The normalized spacial score (nSPS) is 11.3. The van der Waals surface area contributed by atoms with Crippen LogP contribution in [0.15, 0.2) is 71.8 Å². The van der Waals surface area contributed by atoms with Gasteiger partial charge in [0.2, 0.25) is 0 Å². The van der Waals surface area contributed by atoms with E-state index in [1.54, 1.807) is 48.5 Å². The van der Waals surface area contributed by atoms with Crippen LogP contribution in [0.25, 0.3) is 0 Å². The van der Waals surface area contributed by atoms with Gasteiger partial charge in [0.25, 0.3) is 5.69 Å². The number of nitrogens with one attached hydrogen (secondary N) is 1. The lowest BCUT2D eigenvalue weighted by Crippen LogP contribution is -2.06.